The van der Waals surface area contributed by atoms with E-state index in [9.17, 15) is 0 Å². The van der Waals surface area contributed by atoms with E-state index in [4.69, 9.17) is 14.2 Å². The Labute approximate surface area is 130 Å². The molecule has 0 radical (unpaired) electrons. The zero-order chi connectivity index (χ0) is 14.9. The minimum atomic E-state index is 0.0551. The Morgan fingerprint density at radius 3 is 2.24 bits per heavy atom. The third kappa shape index (κ3) is 5.88. The maximum Gasteiger partial charge on any atom is 0.160 e. The van der Waals surface area contributed by atoms with Gasteiger partial charge in [0.15, 0.2) is 6.29 Å². The van der Waals surface area contributed by atoms with Gasteiger partial charge in [-0.3, -0.25) is 0 Å². The molecule has 0 aromatic heterocycles. The Morgan fingerprint density at radius 1 is 0.905 bits per heavy atom. The highest BCUT2D eigenvalue weighted by atomic mass is 16.7. The van der Waals surface area contributed by atoms with Crippen LogP contribution >= 0.6 is 0 Å². The van der Waals surface area contributed by atoms with Crippen LogP contribution in [0.15, 0.2) is 0 Å². The van der Waals surface area contributed by atoms with Gasteiger partial charge >= 0.3 is 0 Å². The minimum Gasteiger partial charge on any atom is -0.378 e. The highest BCUT2D eigenvalue weighted by molar-refractivity contribution is 4.77. The zero-order valence-corrected chi connectivity index (χ0v) is 14.0. The summed E-state index contributed by atoms with van der Waals surface area (Å²) in [6.45, 7) is 7.14. The average molecular weight is 298 g/mol. The first-order valence-electron chi connectivity index (χ1n) is 9.18. The SMILES string of the molecule is CCCCCC1COC(C2CCC(OCCC)CC2)OC1. The molecular weight excluding hydrogens is 264 g/mol. The largest absolute Gasteiger partial charge is 0.378 e. The Bertz CT molecular complexity index is 253. The van der Waals surface area contributed by atoms with E-state index < -0.39 is 0 Å². The number of ether oxygens (including phenoxy) is 3. The Kier molecular flexibility index (Phi) is 8.05. The zero-order valence-electron chi connectivity index (χ0n) is 14.0. The summed E-state index contributed by atoms with van der Waals surface area (Å²) < 4.78 is 17.9. The van der Waals surface area contributed by atoms with E-state index in [0.29, 0.717) is 17.9 Å². The second kappa shape index (κ2) is 9.81. The summed E-state index contributed by atoms with van der Waals surface area (Å²) in [7, 11) is 0. The van der Waals surface area contributed by atoms with E-state index in [-0.39, 0.29) is 6.29 Å². The van der Waals surface area contributed by atoms with Gasteiger partial charge in [0, 0.05) is 18.4 Å². The summed E-state index contributed by atoms with van der Waals surface area (Å²) in [6.07, 6.45) is 11.6. The molecule has 3 nitrogen and oxygen atoms in total. The van der Waals surface area contributed by atoms with Crippen LogP contribution in [0, 0.1) is 11.8 Å². The van der Waals surface area contributed by atoms with Crippen molar-refractivity contribution in [3.63, 3.8) is 0 Å². The van der Waals surface area contributed by atoms with Crippen LogP contribution in [0.5, 0.6) is 0 Å². The second-order valence-electron chi connectivity index (χ2n) is 6.80. The summed E-state index contributed by atoms with van der Waals surface area (Å²) in [6, 6.07) is 0. The van der Waals surface area contributed by atoms with E-state index in [0.717, 1.165) is 26.2 Å². The van der Waals surface area contributed by atoms with Gasteiger partial charge in [0.25, 0.3) is 0 Å². The molecule has 0 aromatic carbocycles. The molecule has 0 spiro atoms. The van der Waals surface area contributed by atoms with E-state index >= 15 is 0 Å². The summed E-state index contributed by atoms with van der Waals surface area (Å²) in [5, 5.41) is 0. The first kappa shape index (κ1) is 17.2. The van der Waals surface area contributed by atoms with Gasteiger partial charge in [-0.05, 0) is 38.5 Å². The lowest BCUT2D eigenvalue weighted by atomic mass is 9.86. The average Bonchev–Trinajstić information content (AvgIpc) is 2.54. The summed E-state index contributed by atoms with van der Waals surface area (Å²) in [5.74, 6) is 1.21. The maximum atomic E-state index is 6.01. The molecule has 2 rings (SSSR count). The third-order valence-corrected chi connectivity index (χ3v) is 4.87. The fourth-order valence-corrected chi connectivity index (χ4v) is 3.49. The van der Waals surface area contributed by atoms with Gasteiger partial charge in [-0.1, -0.05) is 33.1 Å². The van der Waals surface area contributed by atoms with Crippen LogP contribution in [0.3, 0.4) is 0 Å². The van der Waals surface area contributed by atoms with E-state index in [1.807, 2.05) is 0 Å². The molecule has 0 atom stereocenters. The molecular formula is C18H34O3. The van der Waals surface area contributed by atoms with Gasteiger partial charge < -0.3 is 14.2 Å². The van der Waals surface area contributed by atoms with Crippen LogP contribution in [0.2, 0.25) is 0 Å². The van der Waals surface area contributed by atoms with Crippen molar-refractivity contribution in [3.05, 3.63) is 0 Å². The fourth-order valence-electron chi connectivity index (χ4n) is 3.49. The van der Waals surface area contributed by atoms with Gasteiger partial charge in [-0.15, -0.1) is 0 Å². The number of hydrogen-bond donors (Lipinski definition) is 0. The van der Waals surface area contributed by atoms with Crippen molar-refractivity contribution in [1.29, 1.82) is 0 Å². The molecule has 2 aliphatic rings. The van der Waals surface area contributed by atoms with Crippen molar-refractivity contribution in [2.75, 3.05) is 19.8 Å². The lowest BCUT2D eigenvalue weighted by molar-refractivity contribution is -0.231. The fraction of sp³-hybridized carbons (Fsp3) is 1.00. The molecule has 0 unspecified atom stereocenters. The molecule has 1 saturated carbocycles. The number of rotatable bonds is 8. The normalized spacial score (nSPS) is 34.0. The van der Waals surface area contributed by atoms with Crippen molar-refractivity contribution >= 4 is 0 Å². The Hall–Kier alpha value is -0.120. The summed E-state index contributed by atoms with van der Waals surface area (Å²) in [4.78, 5) is 0. The van der Waals surface area contributed by atoms with Crippen molar-refractivity contribution in [2.24, 2.45) is 11.8 Å². The third-order valence-electron chi connectivity index (χ3n) is 4.87. The van der Waals surface area contributed by atoms with E-state index in [1.54, 1.807) is 0 Å². The molecule has 1 heterocycles. The van der Waals surface area contributed by atoms with Crippen LogP contribution in [-0.4, -0.2) is 32.2 Å². The van der Waals surface area contributed by atoms with Gasteiger partial charge in [0.1, 0.15) is 0 Å². The first-order chi connectivity index (χ1) is 10.3. The van der Waals surface area contributed by atoms with Crippen LogP contribution < -0.4 is 0 Å². The molecule has 0 N–H and O–H groups in total. The topological polar surface area (TPSA) is 27.7 Å². The van der Waals surface area contributed by atoms with Crippen molar-refractivity contribution in [2.45, 2.75) is 84.0 Å². The lowest BCUT2D eigenvalue weighted by Gasteiger charge is -2.37. The van der Waals surface area contributed by atoms with Gasteiger partial charge in [0.2, 0.25) is 0 Å². The molecule has 0 amide bonds. The standard InChI is InChI=1S/C18H34O3/c1-3-5-6-7-15-13-20-18(21-14-15)16-8-10-17(11-9-16)19-12-4-2/h15-18H,3-14H2,1-2H3. The molecule has 1 aliphatic heterocycles. The van der Waals surface area contributed by atoms with Crippen LogP contribution in [0.4, 0.5) is 0 Å². The summed E-state index contributed by atoms with van der Waals surface area (Å²) >= 11 is 0. The quantitative estimate of drug-likeness (QED) is 0.616. The highest BCUT2D eigenvalue weighted by Gasteiger charge is 2.32. The van der Waals surface area contributed by atoms with Crippen LogP contribution in [0.1, 0.15) is 71.6 Å². The highest BCUT2D eigenvalue weighted by Crippen LogP contribution is 2.32. The van der Waals surface area contributed by atoms with Gasteiger partial charge in [-0.25, -0.2) is 0 Å². The predicted octanol–water partition coefficient (Wildman–Crippen LogP) is 4.54. The maximum absolute atomic E-state index is 6.01. The van der Waals surface area contributed by atoms with E-state index in [2.05, 4.69) is 13.8 Å². The minimum absolute atomic E-state index is 0.0551. The van der Waals surface area contributed by atoms with Crippen LogP contribution in [-0.2, 0) is 14.2 Å². The smallest absolute Gasteiger partial charge is 0.160 e. The van der Waals surface area contributed by atoms with Crippen molar-refractivity contribution in [3.8, 4) is 0 Å². The molecule has 3 heteroatoms. The molecule has 21 heavy (non-hydrogen) atoms. The van der Waals surface area contributed by atoms with Crippen molar-refractivity contribution in [1.82, 2.24) is 0 Å². The molecule has 124 valence electrons. The lowest BCUT2D eigenvalue weighted by Crippen LogP contribution is -2.39. The van der Waals surface area contributed by atoms with Crippen LogP contribution in [0.25, 0.3) is 0 Å². The van der Waals surface area contributed by atoms with Crippen molar-refractivity contribution < 1.29 is 14.2 Å². The molecule has 0 aromatic rings. The first-order valence-corrected chi connectivity index (χ1v) is 9.18. The molecule has 1 saturated heterocycles. The predicted molar refractivity (Wildman–Crippen MR) is 85.3 cm³/mol. The van der Waals surface area contributed by atoms with E-state index in [1.165, 1.54) is 51.4 Å². The molecule has 2 fully saturated rings. The Balaban J connectivity index is 1.60. The Morgan fingerprint density at radius 2 is 1.62 bits per heavy atom. The number of hydrogen-bond acceptors (Lipinski definition) is 3. The monoisotopic (exact) mass is 298 g/mol. The second-order valence-corrected chi connectivity index (χ2v) is 6.80. The molecule has 0 bridgehead atoms. The summed E-state index contributed by atoms with van der Waals surface area (Å²) in [5.41, 5.74) is 0. The number of unbranched alkanes of at least 4 members (excludes halogenated alkanes) is 2. The molecule has 1 aliphatic carbocycles. The van der Waals surface area contributed by atoms with Gasteiger partial charge in [0.05, 0.1) is 19.3 Å². The van der Waals surface area contributed by atoms with Gasteiger partial charge in [-0.2, -0.15) is 0 Å².